The van der Waals surface area contributed by atoms with E-state index in [0.29, 0.717) is 0 Å². The summed E-state index contributed by atoms with van der Waals surface area (Å²) in [5.41, 5.74) is 22.2. The molecule has 0 saturated carbocycles. The molecule has 0 N–H and O–H groups in total. The molecule has 2 aromatic carbocycles. The molecule has 648 valence electrons. The Hall–Kier alpha value is -2.25. The average Bonchev–Trinajstić information content (AvgIpc) is 1.60. The van der Waals surface area contributed by atoms with E-state index in [-0.39, 0.29) is 0 Å². The van der Waals surface area contributed by atoms with Gasteiger partial charge in [-0.25, -0.2) is 4.70 Å². The quantitative estimate of drug-likeness (QED) is 0.0273. The molecule has 3 rings (SSSR count). The van der Waals surface area contributed by atoms with E-state index in [4.69, 9.17) is 0 Å². The van der Waals surface area contributed by atoms with Crippen molar-refractivity contribution in [2.45, 2.75) is 579 Å². The fraction of sp³-hybridized carbons (Fsp3) is 0.833. The molecule has 1 heterocycles. The van der Waals surface area contributed by atoms with Gasteiger partial charge in [-0.3, -0.25) is 0 Å². The van der Waals surface area contributed by atoms with Gasteiger partial charge in [-0.2, -0.15) is 0 Å². The summed E-state index contributed by atoms with van der Waals surface area (Å²) in [4.78, 5) is 0. The van der Waals surface area contributed by atoms with Gasteiger partial charge in [-0.1, -0.05) is 405 Å². The monoisotopic (exact) mass is 1580 g/mol. The summed E-state index contributed by atoms with van der Waals surface area (Å²) < 4.78 is 1.61. The van der Waals surface area contributed by atoms with Crippen LogP contribution in [0.4, 0.5) is 0 Å². The Morgan fingerprint density at radius 3 is 0.865 bits per heavy atom. The first-order valence-electron chi connectivity index (χ1n) is 51.3. The SMILES string of the molecule is CCCCCCCCCCCCCCCCCCCC=CCCc1ccccc1C1=C(CCCCCC)C(CCCC)=C(c2cccc(CCCCC)c2)[N+]1=[N-].CCCCCCCCCCCCCCCCCCCCCCCCCC[CH2][Ni][CH2]CCCCCCCCCCCCCCCCCCCCCCCCCC. The van der Waals surface area contributed by atoms with Gasteiger partial charge in [0.15, 0.2) is 0 Å². The number of nitrogens with zero attached hydrogens (tertiary/aromatic N) is 2. The number of allylic oxidation sites excluding steroid dienone is 4. The fourth-order valence-electron chi connectivity index (χ4n) is 17.4. The van der Waals surface area contributed by atoms with E-state index < -0.39 is 0 Å². The molecule has 0 aliphatic carbocycles. The Morgan fingerprint density at radius 1 is 0.243 bits per heavy atom. The van der Waals surface area contributed by atoms with Gasteiger partial charge < -0.3 is 5.53 Å². The Kier molecular flexibility index (Phi) is 80.9. The van der Waals surface area contributed by atoms with Crippen LogP contribution in [0.3, 0.4) is 0 Å². The van der Waals surface area contributed by atoms with Crippen LogP contribution in [-0.4, -0.2) is 4.70 Å². The van der Waals surface area contributed by atoms with Crippen molar-refractivity contribution in [1.29, 1.82) is 0 Å². The van der Waals surface area contributed by atoms with Crippen LogP contribution in [0.2, 0.25) is 10.8 Å². The summed E-state index contributed by atoms with van der Waals surface area (Å²) in [6.45, 7) is 13.8. The minimum atomic E-state index is 0.999. The predicted octanol–water partition coefficient (Wildman–Crippen LogP) is 39.7. The minimum Gasteiger partial charge on any atom is -0.0654 e. The van der Waals surface area contributed by atoms with Crippen molar-refractivity contribution >= 4 is 11.4 Å². The summed E-state index contributed by atoms with van der Waals surface area (Å²) in [5, 5.41) is 2.87. The Morgan fingerprint density at radius 2 is 0.514 bits per heavy atom. The molecule has 0 radical (unpaired) electrons. The van der Waals surface area contributed by atoms with Crippen LogP contribution < -0.4 is 0 Å². The normalized spacial score (nSPS) is 12.5. The summed E-state index contributed by atoms with van der Waals surface area (Å²) in [7, 11) is 0. The van der Waals surface area contributed by atoms with E-state index >= 15 is 0 Å². The maximum atomic E-state index is 12.3. The van der Waals surface area contributed by atoms with Crippen LogP contribution in [0.1, 0.15) is 577 Å². The summed E-state index contributed by atoms with van der Waals surface area (Å²) in [5.74, 6) is 0. The molecular formula is C108H196N2Ni. The number of unbranched alkanes of at least 4 members (excludes halogenated alkanes) is 71. The molecule has 0 aromatic heterocycles. The Labute approximate surface area is 704 Å². The van der Waals surface area contributed by atoms with Gasteiger partial charge in [0.2, 0.25) is 11.4 Å². The third-order valence-corrected chi connectivity index (χ3v) is 26.2. The minimum absolute atomic E-state index is 0.999. The molecule has 0 saturated heterocycles. The number of benzene rings is 2. The van der Waals surface area contributed by atoms with E-state index in [2.05, 4.69) is 117 Å². The van der Waals surface area contributed by atoms with Crippen molar-refractivity contribution in [2.24, 2.45) is 0 Å². The number of aryl methyl sites for hydroxylation is 2. The maximum absolute atomic E-state index is 12.3. The molecule has 1 aliphatic rings. The third-order valence-electron chi connectivity index (χ3n) is 24.8. The van der Waals surface area contributed by atoms with Gasteiger partial charge >= 0.3 is 166 Å². The first-order chi connectivity index (χ1) is 55.1. The molecule has 0 fully saturated rings. The van der Waals surface area contributed by atoms with Crippen molar-refractivity contribution in [1.82, 2.24) is 0 Å². The van der Waals surface area contributed by atoms with Crippen molar-refractivity contribution < 1.29 is 19.1 Å². The van der Waals surface area contributed by atoms with Gasteiger partial charge in [0.25, 0.3) is 0 Å². The molecule has 111 heavy (non-hydrogen) atoms. The van der Waals surface area contributed by atoms with Crippen LogP contribution in [0.25, 0.3) is 16.9 Å². The molecular weight excluding hydrogens is 1380 g/mol. The van der Waals surface area contributed by atoms with Gasteiger partial charge in [-0.15, -0.1) is 0 Å². The van der Waals surface area contributed by atoms with Gasteiger partial charge in [0.05, 0.1) is 0 Å². The summed E-state index contributed by atoms with van der Waals surface area (Å²) in [6, 6.07) is 18.0. The van der Waals surface area contributed by atoms with E-state index in [1.54, 1.807) is 4.70 Å². The van der Waals surface area contributed by atoms with Crippen LogP contribution in [0.15, 0.2) is 71.8 Å². The van der Waals surface area contributed by atoms with Crippen molar-refractivity contribution in [3.05, 3.63) is 99.6 Å². The molecule has 0 spiro atoms. The molecule has 1 aliphatic heterocycles. The Bertz CT molecular complexity index is 2280. The zero-order valence-electron chi connectivity index (χ0n) is 76.4. The van der Waals surface area contributed by atoms with E-state index in [1.165, 1.54) is 526 Å². The Balaban J connectivity index is 0.000000754. The smallest absolute Gasteiger partial charge is 0.0654 e. The summed E-state index contributed by atoms with van der Waals surface area (Å²) in [6.07, 6.45) is 121. The van der Waals surface area contributed by atoms with E-state index in [1.807, 2.05) is 0 Å². The van der Waals surface area contributed by atoms with E-state index in [0.717, 1.165) is 56.3 Å². The second-order valence-corrected chi connectivity index (χ2v) is 37.1. The van der Waals surface area contributed by atoms with Gasteiger partial charge in [-0.05, 0) is 93.5 Å². The molecule has 2 aromatic rings. The molecule has 0 bridgehead atoms. The number of hydrogen-bond acceptors (Lipinski definition) is 0. The second-order valence-electron chi connectivity index (χ2n) is 35.6. The summed E-state index contributed by atoms with van der Waals surface area (Å²) >= 11 is 2.05. The predicted molar refractivity (Wildman–Crippen MR) is 500 cm³/mol. The number of rotatable bonds is 87. The second kappa shape index (κ2) is 85.6. The average molecular weight is 1580 g/mol. The molecule has 2 nitrogen and oxygen atoms in total. The van der Waals surface area contributed by atoms with Crippen molar-refractivity contribution in [2.75, 3.05) is 0 Å². The zero-order chi connectivity index (χ0) is 79.4. The van der Waals surface area contributed by atoms with Crippen molar-refractivity contribution in [3.63, 3.8) is 0 Å². The third kappa shape index (κ3) is 64.4. The fourth-order valence-corrected chi connectivity index (χ4v) is 18.6. The molecule has 0 atom stereocenters. The standard InChI is InChI=1S/C54H86N2.2C27H55.Ni/c1-5-9-13-15-16-17-18-19-20-21-22-23-24-25-26-27-28-29-30-31-33-40-48-41-35-36-44-50(48)54-52(45-34-14-10-6-2)51(43-12-8-4)53(56(54)55)49-42-37-39-47(46-49)38-32-11-7-3;2*1-3-5-7-9-11-13-15-17-19-21-23-25-27-26-24-22-20-18-16-14-12-10-8-6-4-2;/h30-31,35-37,39,41-42,44,46H,5-29,32-34,38,40,43,45H2,1-4H3;2*1,3-27H2,2H3;. The first-order valence-corrected chi connectivity index (χ1v) is 52.7. The van der Waals surface area contributed by atoms with Crippen molar-refractivity contribution in [3.8, 4) is 0 Å². The van der Waals surface area contributed by atoms with Crippen LogP contribution in [-0.2, 0) is 27.3 Å². The van der Waals surface area contributed by atoms with Crippen LogP contribution in [0.5, 0.6) is 0 Å². The molecule has 0 unspecified atom stereocenters. The van der Waals surface area contributed by atoms with Gasteiger partial charge in [0.1, 0.15) is 0 Å². The number of hydrogen-bond donors (Lipinski definition) is 0. The van der Waals surface area contributed by atoms with E-state index in [9.17, 15) is 5.53 Å². The topological polar surface area (TPSA) is 25.3 Å². The molecule has 0 amide bonds. The first kappa shape index (κ1) is 105. The van der Waals surface area contributed by atoms with Crippen LogP contribution >= 0.6 is 0 Å². The van der Waals surface area contributed by atoms with Crippen LogP contribution in [0, 0.1) is 0 Å². The molecule has 3 heteroatoms. The zero-order valence-corrected chi connectivity index (χ0v) is 77.4. The van der Waals surface area contributed by atoms with Gasteiger partial charge in [0, 0.05) is 22.3 Å².